The van der Waals surface area contributed by atoms with Crippen LogP contribution >= 0.6 is 11.3 Å². The van der Waals surface area contributed by atoms with Crippen molar-refractivity contribution in [2.75, 3.05) is 17.6 Å². The minimum atomic E-state index is 0.532. The molecule has 0 atom stereocenters. The van der Waals surface area contributed by atoms with Gasteiger partial charge in [-0.3, -0.25) is 0 Å². The maximum absolute atomic E-state index is 5.50. The molecule has 1 aromatic heterocycles. The Hall–Kier alpha value is -0.840. The Kier molecular flexibility index (Phi) is 8.55. The number of aromatic nitrogens is 2. The first kappa shape index (κ1) is 15.2. The van der Waals surface area contributed by atoms with E-state index in [4.69, 9.17) is 5.73 Å². The van der Waals surface area contributed by atoms with E-state index < -0.39 is 0 Å². The summed E-state index contributed by atoms with van der Waals surface area (Å²) in [5.74, 6) is 0. The quantitative estimate of drug-likeness (QED) is 0.595. The van der Waals surface area contributed by atoms with Gasteiger partial charge in [-0.1, -0.05) is 69.6 Å². The zero-order valence-corrected chi connectivity index (χ0v) is 12.3. The maximum Gasteiger partial charge on any atom is 0.207 e. The third-order valence-electron chi connectivity index (χ3n) is 3.00. The molecule has 1 heterocycles. The van der Waals surface area contributed by atoms with Gasteiger partial charge in [-0.25, -0.2) is 0 Å². The number of rotatable bonds is 11. The standard InChI is InChI=1S/C13H26N4S/c1-2-3-4-5-6-7-8-9-10-11-15-13-17-16-12(14)18-13/h2-11H2,1H3,(H2,14,16)(H,15,17). The molecular weight excluding hydrogens is 244 g/mol. The van der Waals surface area contributed by atoms with E-state index >= 15 is 0 Å². The highest BCUT2D eigenvalue weighted by molar-refractivity contribution is 7.18. The Morgan fingerprint density at radius 2 is 1.56 bits per heavy atom. The van der Waals surface area contributed by atoms with Crippen LogP contribution in [0, 0.1) is 0 Å². The smallest absolute Gasteiger partial charge is 0.207 e. The van der Waals surface area contributed by atoms with Crippen molar-refractivity contribution in [1.82, 2.24) is 10.2 Å². The summed E-state index contributed by atoms with van der Waals surface area (Å²) >= 11 is 1.41. The number of anilines is 2. The molecule has 0 amide bonds. The normalized spacial score (nSPS) is 10.7. The second-order valence-electron chi connectivity index (χ2n) is 4.70. The van der Waals surface area contributed by atoms with Crippen molar-refractivity contribution in [3.8, 4) is 0 Å². The van der Waals surface area contributed by atoms with E-state index in [9.17, 15) is 0 Å². The van der Waals surface area contributed by atoms with Gasteiger partial charge in [0.15, 0.2) is 0 Å². The average Bonchev–Trinajstić information content (AvgIpc) is 2.77. The minimum Gasteiger partial charge on any atom is -0.374 e. The Labute approximate surface area is 114 Å². The summed E-state index contributed by atoms with van der Waals surface area (Å²) in [6.07, 6.45) is 12.2. The van der Waals surface area contributed by atoms with Crippen molar-refractivity contribution in [1.29, 1.82) is 0 Å². The van der Waals surface area contributed by atoms with Crippen LogP contribution in [0.1, 0.15) is 64.7 Å². The van der Waals surface area contributed by atoms with Crippen molar-refractivity contribution in [2.24, 2.45) is 0 Å². The monoisotopic (exact) mass is 270 g/mol. The number of hydrogen-bond acceptors (Lipinski definition) is 5. The first-order valence-electron chi connectivity index (χ1n) is 7.15. The van der Waals surface area contributed by atoms with E-state index in [2.05, 4.69) is 22.4 Å². The van der Waals surface area contributed by atoms with E-state index in [1.807, 2.05) is 0 Å². The summed E-state index contributed by atoms with van der Waals surface area (Å²) in [5, 5.41) is 12.3. The highest BCUT2D eigenvalue weighted by Crippen LogP contribution is 2.16. The number of unbranched alkanes of at least 4 members (excludes halogenated alkanes) is 8. The Bertz CT molecular complexity index is 301. The van der Waals surface area contributed by atoms with Crippen LogP contribution in [-0.2, 0) is 0 Å². The van der Waals surface area contributed by atoms with Crippen LogP contribution in [0.5, 0.6) is 0 Å². The lowest BCUT2D eigenvalue weighted by atomic mass is 10.1. The van der Waals surface area contributed by atoms with Crippen LogP contribution in [0.4, 0.5) is 10.3 Å². The third kappa shape index (κ3) is 7.48. The predicted octanol–water partition coefficient (Wildman–Crippen LogP) is 4.06. The number of nitrogens with one attached hydrogen (secondary N) is 1. The lowest BCUT2D eigenvalue weighted by molar-refractivity contribution is 0.569. The molecule has 3 N–H and O–H groups in total. The van der Waals surface area contributed by atoms with E-state index in [1.54, 1.807) is 0 Å². The summed E-state index contributed by atoms with van der Waals surface area (Å²) in [6, 6.07) is 0. The molecule has 0 bridgehead atoms. The predicted molar refractivity (Wildman–Crippen MR) is 80.0 cm³/mol. The highest BCUT2D eigenvalue weighted by Gasteiger charge is 1.98. The van der Waals surface area contributed by atoms with Gasteiger partial charge < -0.3 is 11.1 Å². The number of nitrogens with two attached hydrogens (primary N) is 1. The highest BCUT2D eigenvalue weighted by atomic mass is 32.1. The van der Waals surface area contributed by atoms with Crippen molar-refractivity contribution < 1.29 is 0 Å². The van der Waals surface area contributed by atoms with Gasteiger partial charge in [0.2, 0.25) is 10.3 Å². The molecule has 0 aliphatic carbocycles. The lowest BCUT2D eigenvalue weighted by Crippen LogP contribution is -2.00. The fourth-order valence-corrected chi connectivity index (χ4v) is 2.47. The average molecular weight is 270 g/mol. The molecule has 0 radical (unpaired) electrons. The van der Waals surface area contributed by atoms with Crippen LogP contribution in [0.15, 0.2) is 0 Å². The summed E-state index contributed by atoms with van der Waals surface area (Å²) in [6.45, 7) is 3.24. The third-order valence-corrected chi connectivity index (χ3v) is 3.71. The fraction of sp³-hybridized carbons (Fsp3) is 0.846. The second kappa shape index (κ2) is 10.1. The Balaban J connectivity index is 1.81. The van der Waals surface area contributed by atoms with Gasteiger partial charge in [0.25, 0.3) is 0 Å². The van der Waals surface area contributed by atoms with Crippen molar-refractivity contribution >= 4 is 21.6 Å². The van der Waals surface area contributed by atoms with Gasteiger partial charge in [-0.05, 0) is 6.42 Å². The molecule has 0 saturated carbocycles. The van der Waals surface area contributed by atoms with E-state index in [0.717, 1.165) is 11.7 Å². The fourth-order valence-electron chi connectivity index (χ4n) is 1.94. The van der Waals surface area contributed by atoms with Crippen molar-refractivity contribution in [2.45, 2.75) is 64.7 Å². The van der Waals surface area contributed by atoms with Crippen LogP contribution in [0.25, 0.3) is 0 Å². The second-order valence-corrected chi connectivity index (χ2v) is 5.71. The molecule has 0 saturated heterocycles. The molecule has 5 heteroatoms. The lowest BCUT2D eigenvalue weighted by Gasteiger charge is -2.02. The van der Waals surface area contributed by atoms with E-state index in [1.165, 1.54) is 69.1 Å². The molecule has 18 heavy (non-hydrogen) atoms. The van der Waals surface area contributed by atoms with Crippen molar-refractivity contribution in [3.05, 3.63) is 0 Å². The SMILES string of the molecule is CCCCCCCCCCCNc1nnc(N)s1. The molecule has 0 unspecified atom stereocenters. The Morgan fingerprint density at radius 1 is 0.944 bits per heavy atom. The van der Waals surface area contributed by atoms with Gasteiger partial charge in [0.1, 0.15) is 0 Å². The number of hydrogen-bond donors (Lipinski definition) is 2. The van der Waals surface area contributed by atoms with E-state index in [-0.39, 0.29) is 0 Å². The molecular formula is C13H26N4S. The maximum atomic E-state index is 5.50. The summed E-state index contributed by atoms with van der Waals surface area (Å²) in [4.78, 5) is 0. The number of nitrogens with zero attached hydrogens (tertiary/aromatic N) is 2. The number of nitrogen functional groups attached to an aromatic ring is 1. The molecule has 0 aliphatic rings. The summed E-state index contributed by atoms with van der Waals surface area (Å²) < 4.78 is 0. The van der Waals surface area contributed by atoms with Gasteiger partial charge in [-0.15, -0.1) is 10.2 Å². The van der Waals surface area contributed by atoms with Crippen LogP contribution in [0.3, 0.4) is 0 Å². The molecule has 0 aromatic carbocycles. The molecule has 104 valence electrons. The van der Waals surface area contributed by atoms with Gasteiger partial charge in [0.05, 0.1) is 0 Å². The van der Waals surface area contributed by atoms with Crippen LogP contribution in [0.2, 0.25) is 0 Å². The zero-order chi connectivity index (χ0) is 13.1. The first-order valence-corrected chi connectivity index (χ1v) is 7.97. The minimum absolute atomic E-state index is 0.532. The zero-order valence-electron chi connectivity index (χ0n) is 11.5. The van der Waals surface area contributed by atoms with Crippen LogP contribution < -0.4 is 11.1 Å². The van der Waals surface area contributed by atoms with Gasteiger partial charge in [0, 0.05) is 6.54 Å². The van der Waals surface area contributed by atoms with Crippen LogP contribution in [-0.4, -0.2) is 16.7 Å². The van der Waals surface area contributed by atoms with Crippen molar-refractivity contribution in [3.63, 3.8) is 0 Å². The molecule has 4 nitrogen and oxygen atoms in total. The topological polar surface area (TPSA) is 63.8 Å². The molecule has 0 spiro atoms. The van der Waals surface area contributed by atoms with Gasteiger partial charge in [-0.2, -0.15) is 0 Å². The molecule has 1 aromatic rings. The largest absolute Gasteiger partial charge is 0.374 e. The molecule has 0 fully saturated rings. The summed E-state index contributed by atoms with van der Waals surface area (Å²) in [5.41, 5.74) is 5.50. The summed E-state index contributed by atoms with van der Waals surface area (Å²) in [7, 11) is 0. The molecule has 0 aliphatic heterocycles. The van der Waals surface area contributed by atoms with Gasteiger partial charge >= 0.3 is 0 Å². The first-order chi connectivity index (χ1) is 8.83. The Morgan fingerprint density at radius 3 is 2.11 bits per heavy atom. The molecule has 1 rings (SSSR count). The van der Waals surface area contributed by atoms with E-state index in [0.29, 0.717) is 5.13 Å².